The van der Waals surface area contributed by atoms with Crippen molar-refractivity contribution in [3.63, 3.8) is 0 Å². The fourth-order valence-electron chi connectivity index (χ4n) is 2.00. The Morgan fingerprint density at radius 2 is 2.12 bits per heavy atom. The largest absolute Gasteiger partial charge is 0.370 e. The molecule has 0 bridgehead atoms. The number of aromatic nitrogens is 1. The first kappa shape index (κ1) is 12.6. The molecule has 0 aliphatic carbocycles. The molecule has 0 amide bonds. The van der Waals surface area contributed by atoms with Crippen LogP contribution in [-0.2, 0) is 0 Å². The maximum Gasteiger partial charge on any atom is 0.128 e. The molecule has 17 heavy (non-hydrogen) atoms. The van der Waals surface area contributed by atoms with Gasteiger partial charge in [0.15, 0.2) is 0 Å². The van der Waals surface area contributed by atoms with Gasteiger partial charge in [-0.3, -0.25) is 0 Å². The zero-order valence-electron chi connectivity index (χ0n) is 10.4. The van der Waals surface area contributed by atoms with Gasteiger partial charge in [0.1, 0.15) is 11.6 Å². The summed E-state index contributed by atoms with van der Waals surface area (Å²) in [5.74, 6) is 3.25. The van der Waals surface area contributed by atoms with Crippen molar-refractivity contribution in [1.82, 2.24) is 4.98 Å². The van der Waals surface area contributed by atoms with E-state index < -0.39 is 0 Å². The molecule has 2 heterocycles. The second-order valence-corrected chi connectivity index (χ2v) is 5.72. The molecule has 1 aromatic rings. The molecule has 1 fully saturated rings. The fraction of sp³-hybridized carbons (Fsp3) is 0.615. The summed E-state index contributed by atoms with van der Waals surface area (Å²) >= 11 is 2.09. The van der Waals surface area contributed by atoms with Crippen LogP contribution in [0.1, 0.15) is 26.2 Å². The van der Waals surface area contributed by atoms with Crippen molar-refractivity contribution < 1.29 is 0 Å². The highest BCUT2D eigenvalue weighted by Crippen LogP contribution is 2.25. The Bertz CT molecular complexity index is 337. The summed E-state index contributed by atoms with van der Waals surface area (Å²) < 4.78 is 0. The molecule has 1 aliphatic rings. The molecule has 2 N–H and O–H groups in total. The third-order valence-corrected chi connectivity index (χ3v) is 4.29. The third-order valence-electron chi connectivity index (χ3n) is 2.89. The highest BCUT2D eigenvalue weighted by atomic mass is 32.2. The first-order chi connectivity index (χ1) is 8.38. The summed E-state index contributed by atoms with van der Waals surface area (Å²) in [7, 11) is 0. The third kappa shape index (κ3) is 4.11. The smallest absolute Gasteiger partial charge is 0.128 e. The Morgan fingerprint density at radius 3 is 2.82 bits per heavy atom. The molecule has 2 rings (SSSR count). The monoisotopic (exact) mass is 251 g/mol. The van der Waals surface area contributed by atoms with Gasteiger partial charge in [0.2, 0.25) is 0 Å². The predicted molar refractivity (Wildman–Crippen MR) is 77.0 cm³/mol. The van der Waals surface area contributed by atoms with E-state index in [0.29, 0.717) is 0 Å². The van der Waals surface area contributed by atoms with Gasteiger partial charge in [-0.1, -0.05) is 12.5 Å². The number of anilines is 2. The molecule has 1 aromatic heterocycles. The summed E-state index contributed by atoms with van der Waals surface area (Å²) in [5, 5.41) is 7.43. The van der Waals surface area contributed by atoms with E-state index in [0.717, 1.165) is 30.0 Å². The zero-order chi connectivity index (χ0) is 11.9. The Labute approximate surface area is 108 Å². The summed E-state index contributed by atoms with van der Waals surface area (Å²) in [6, 6.07) is 6.08. The van der Waals surface area contributed by atoms with Crippen molar-refractivity contribution in [3.05, 3.63) is 18.2 Å². The Morgan fingerprint density at radius 1 is 1.29 bits per heavy atom. The van der Waals surface area contributed by atoms with Gasteiger partial charge in [0, 0.05) is 18.3 Å². The Kier molecular flexibility index (Phi) is 4.98. The van der Waals surface area contributed by atoms with Crippen LogP contribution in [0.2, 0.25) is 0 Å². The molecule has 0 radical (unpaired) electrons. The normalized spacial score (nSPS) is 19.9. The lowest BCUT2D eigenvalue weighted by Gasteiger charge is -2.21. The van der Waals surface area contributed by atoms with E-state index in [2.05, 4.69) is 34.3 Å². The van der Waals surface area contributed by atoms with Gasteiger partial charge in [-0.25, -0.2) is 4.98 Å². The molecular weight excluding hydrogens is 230 g/mol. The van der Waals surface area contributed by atoms with Crippen LogP contribution in [0.15, 0.2) is 18.2 Å². The molecule has 94 valence electrons. The lowest BCUT2D eigenvalue weighted by Crippen LogP contribution is -2.20. The van der Waals surface area contributed by atoms with Gasteiger partial charge in [-0.2, -0.15) is 11.8 Å². The van der Waals surface area contributed by atoms with E-state index in [-0.39, 0.29) is 0 Å². The second kappa shape index (κ2) is 6.74. The molecule has 1 saturated heterocycles. The minimum atomic E-state index is 0.758. The molecule has 0 spiro atoms. The van der Waals surface area contributed by atoms with Crippen LogP contribution in [0, 0.1) is 0 Å². The van der Waals surface area contributed by atoms with Crippen molar-refractivity contribution in [1.29, 1.82) is 0 Å². The minimum absolute atomic E-state index is 0.758. The number of nitrogens with zero attached hydrogens (tertiary/aromatic N) is 1. The molecule has 4 heteroatoms. The van der Waals surface area contributed by atoms with Crippen LogP contribution in [0.4, 0.5) is 11.6 Å². The van der Waals surface area contributed by atoms with E-state index in [1.54, 1.807) is 0 Å². The zero-order valence-corrected chi connectivity index (χ0v) is 11.2. The first-order valence-electron chi connectivity index (χ1n) is 6.45. The maximum absolute atomic E-state index is 4.52. The molecule has 0 aromatic carbocycles. The maximum atomic E-state index is 4.52. The van der Waals surface area contributed by atoms with Crippen LogP contribution < -0.4 is 10.6 Å². The average molecular weight is 251 g/mol. The number of nitrogens with one attached hydrogen (secondary N) is 2. The van der Waals surface area contributed by atoms with Crippen molar-refractivity contribution >= 4 is 23.4 Å². The van der Waals surface area contributed by atoms with Gasteiger partial charge >= 0.3 is 0 Å². The lowest BCUT2D eigenvalue weighted by molar-refractivity contribution is 0.677. The number of rotatable bonds is 5. The summed E-state index contributed by atoms with van der Waals surface area (Å²) in [6.45, 7) is 4.03. The van der Waals surface area contributed by atoms with Gasteiger partial charge in [0.25, 0.3) is 0 Å². The van der Waals surface area contributed by atoms with Crippen LogP contribution in [-0.4, -0.2) is 29.1 Å². The lowest BCUT2D eigenvalue weighted by atomic mass is 10.2. The molecular formula is C13H21N3S. The van der Waals surface area contributed by atoms with Gasteiger partial charge in [-0.15, -0.1) is 0 Å². The van der Waals surface area contributed by atoms with E-state index in [1.165, 1.54) is 25.0 Å². The van der Waals surface area contributed by atoms with E-state index in [1.807, 2.05) is 18.2 Å². The minimum Gasteiger partial charge on any atom is -0.370 e. The average Bonchev–Trinajstić information content (AvgIpc) is 2.39. The summed E-state index contributed by atoms with van der Waals surface area (Å²) in [5.41, 5.74) is 0. The number of hydrogen-bond acceptors (Lipinski definition) is 4. The van der Waals surface area contributed by atoms with Crippen molar-refractivity contribution in [2.75, 3.05) is 29.5 Å². The summed E-state index contributed by atoms with van der Waals surface area (Å²) in [6.07, 6.45) is 4.10. The standard InChI is InChI=1S/C13H21N3S/c1-2-14-12-7-5-8-13(16-12)15-10-11-6-3-4-9-17-11/h5,7-8,11H,2-4,6,9-10H2,1H3,(H2,14,15,16). The van der Waals surface area contributed by atoms with E-state index in [9.17, 15) is 0 Å². The second-order valence-electron chi connectivity index (χ2n) is 4.31. The summed E-state index contributed by atoms with van der Waals surface area (Å²) in [4.78, 5) is 4.52. The van der Waals surface area contributed by atoms with Gasteiger partial charge in [0.05, 0.1) is 0 Å². The van der Waals surface area contributed by atoms with E-state index >= 15 is 0 Å². The highest BCUT2D eigenvalue weighted by Gasteiger charge is 2.13. The van der Waals surface area contributed by atoms with Crippen LogP contribution >= 0.6 is 11.8 Å². The Hall–Kier alpha value is -0.900. The number of thioether (sulfide) groups is 1. The highest BCUT2D eigenvalue weighted by molar-refractivity contribution is 7.99. The predicted octanol–water partition coefficient (Wildman–Crippen LogP) is 3.21. The van der Waals surface area contributed by atoms with Crippen LogP contribution in [0.5, 0.6) is 0 Å². The quantitative estimate of drug-likeness (QED) is 0.842. The topological polar surface area (TPSA) is 37.0 Å². The van der Waals surface area contributed by atoms with E-state index in [4.69, 9.17) is 0 Å². The van der Waals surface area contributed by atoms with Gasteiger partial charge < -0.3 is 10.6 Å². The van der Waals surface area contributed by atoms with Crippen LogP contribution in [0.3, 0.4) is 0 Å². The number of pyridine rings is 1. The molecule has 1 atom stereocenters. The van der Waals surface area contributed by atoms with Crippen molar-refractivity contribution in [2.45, 2.75) is 31.4 Å². The number of hydrogen-bond donors (Lipinski definition) is 2. The van der Waals surface area contributed by atoms with Crippen molar-refractivity contribution in [3.8, 4) is 0 Å². The van der Waals surface area contributed by atoms with Gasteiger partial charge in [-0.05, 0) is 37.7 Å². The molecule has 1 unspecified atom stereocenters. The Balaban J connectivity index is 1.83. The molecule has 1 aliphatic heterocycles. The SMILES string of the molecule is CCNc1cccc(NCC2CCCCS2)n1. The fourth-order valence-corrected chi connectivity index (χ4v) is 3.24. The molecule has 3 nitrogen and oxygen atoms in total. The molecule has 0 saturated carbocycles. The first-order valence-corrected chi connectivity index (χ1v) is 7.50. The van der Waals surface area contributed by atoms with Crippen molar-refractivity contribution in [2.24, 2.45) is 0 Å². The van der Waals surface area contributed by atoms with Crippen LogP contribution in [0.25, 0.3) is 0 Å².